The minimum atomic E-state index is -3.61. The van der Waals surface area contributed by atoms with Crippen LogP contribution in [0, 0.1) is 13.8 Å². The second-order valence-corrected chi connectivity index (χ2v) is 10.4. The number of rotatable bonds is 9. The highest BCUT2D eigenvalue weighted by atomic mass is 32.2. The molecule has 174 valence electrons. The molecule has 0 unspecified atom stereocenters. The molecule has 1 aromatic heterocycles. The quantitative estimate of drug-likeness (QED) is 0.562. The molecule has 0 spiro atoms. The zero-order valence-electron chi connectivity index (χ0n) is 19.9. The summed E-state index contributed by atoms with van der Waals surface area (Å²) in [7, 11) is 0.525. The van der Waals surface area contributed by atoms with Crippen LogP contribution in [-0.2, 0) is 21.2 Å². The summed E-state index contributed by atoms with van der Waals surface area (Å²) in [6.07, 6.45) is 3.86. The second kappa shape index (κ2) is 9.60. The van der Waals surface area contributed by atoms with Crippen LogP contribution in [0.3, 0.4) is 0 Å². The smallest absolute Gasteiger partial charge is 0.256 e. The third-order valence-corrected chi connectivity index (χ3v) is 8.12. The molecule has 0 aliphatic carbocycles. The van der Waals surface area contributed by atoms with Crippen molar-refractivity contribution in [1.29, 1.82) is 0 Å². The number of nitrogens with zero attached hydrogens (tertiary/aromatic N) is 2. The number of aromatic amines is 1. The van der Waals surface area contributed by atoms with Crippen LogP contribution in [0.2, 0.25) is 0 Å². The van der Waals surface area contributed by atoms with Crippen LogP contribution in [0.5, 0.6) is 0 Å². The van der Waals surface area contributed by atoms with E-state index in [1.165, 1.54) is 9.87 Å². The highest BCUT2D eigenvalue weighted by molar-refractivity contribution is 7.89. The maximum absolute atomic E-state index is 13.0. The third kappa shape index (κ3) is 4.67. The van der Waals surface area contributed by atoms with E-state index in [1.807, 2.05) is 19.9 Å². The Morgan fingerprint density at radius 2 is 1.78 bits per heavy atom. The summed E-state index contributed by atoms with van der Waals surface area (Å²) in [5.74, 6) is -0.224. The predicted molar refractivity (Wildman–Crippen MR) is 130 cm³/mol. The molecule has 2 heterocycles. The summed E-state index contributed by atoms with van der Waals surface area (Å²) in [4.78, 5) is 18.5. The number of H-pyrrole nitrogens is 1. The fraction of sp³-hybridized carbons (Fsp3) is 0.458. The van der Waals surface area contributed by atoms with E-state index in [0.717, 1.165) is 36.3 Å². The van der Waals surface area contributed by atoms with Crippen LogP contribution < -0.4 is 5.32 Å². The molecule has 1 amide bonds. The zero-order valence-corrected chi connectivity index (χ0v) is 20.7. The van der Waals surface area contributed by atoms with E-state index in [0.29, 0.717) is 29.9 Å². The van der Waals surface area contributed by atoms with Crippen molar-refractivity contribution in [1.82, 2.24) is 14.2 Å². The largest absolute Gasteiger partial charge is 0.359 e. The summed E-state index contributed by atoms with van der Waals surface area (Å²) in [6.45, 7) is 9.56. The van der Waals surface area contributed by atoms with Crippen molar-refractivity contribution in [2.24, 2.45) is 0 Å². The van der Waals surface area contributed by atoms with Gasteiger partial charge in [-0.15, -0.1) is 0 Å². The first kappa shape index (κ1) is 24.2. The van der Waals surface area contributed by atoms with Gasteiger partial charge in [0.25, 0.3) is 5.91 Å². The van der Waals surface area contributed by atoms with Crippen molar-refractivity contribution in [3.05, 3.63) is 46.3 Å². The summed E-state index contributed by atoms with van der Waals surface area (Å²) < 4.78 is 27.4. The Kier molecular flexibility index (Phi) is 7.27. The monoisotopic (exact) mass is 458 g/mol. The van der Waals surface area contributed by atoms with Gasteiger partial charge in [0.05, 0.1) is 10.5 Å². The molecule has 1 aliphatic heterocycles. The van der Waals surface area contributed by atoms with Crippen LogP contribution >= 0.6 is 0 Å². The molecular weight excluding hydrogens is 424 g/mol. The molecule has 1 aromatic carbocycles. The lowest BCUT2D eigenvalue weighted by Crippen LogP contribution is -2.30. The van der Waals surface area contributed by atoms with Gasteiger partial charge in [0.15, 0.2) is 0 Å². The molecule has 0 atom stereocenters. The topological polar surface area (TPSA) is 85.5 Å². The van der Waals surface area contributed by atoms with E-state index in [4.69, 9.17) is 0 Å². The van der Waals surface area contributed by atoms with E-state index < -0.39 is 10.0 Å². The molecule has 32 heavy (non-hydrogen) atoms. The summed E-state index contributed by atoms with van der Waals surface area (Å²) in [6, 6.07) is 4.84. The van der Waals surface area contributed by atoms with Crippen LogP contribution in [0.25, 0.3) is 11.6 Å². The Labute approximate surface area is 191 Å². The molecule has 2 N–H and O–H groups in total. The zero-order chi connectivity index (χ0) is 23.6. The van der Waals surface area contributed by atoms with E-state index in [9.17, 15) is 13.2 Å². The third-order valence-electron chi connectivity index (χ3n) is 6.07. The highest BCUT2D eigenvalue weighted by Crippen LogP contribution is 2.36. The van der Waals surface area contributed by atoms with E-state index in [1.54, 1.807) is 18.2 Å². The van der Waals surface area contributed by atoms with Crippen molar-refractivity contribution in [2.45, 2.75) is 45.4 Å². The Balaban J connectivity index is 1.99. The van der Waals surface area contributed by atoms with Gasteiger partial charge in [0, 0.05) is 35.7 Å². The number of hydrogen-bond acceptors (Lipinski definition) is 4. The molecule has 0 fully saturated rings. The Hall–Kier alpha value is -2.42. The van der Waals surface area contributed by atoms with Gasteiger partial charge in [0.2, 0.25) is 10.0 Å². The number of carbonyl (C=O) groups excluding carboxylic acids is 1. The molecule has 0 saturated heterocycles. The average molecular weight is 459 g/mol. The number of benzene rings is 1. The molecule has 3 rings (SSSR count). The maximum Gasteiger partial charge on any atom is 0.256 e. The lowest BCUT2D eigenvalue weighted by molar-refractivity contribution is -0.110. The van der Waals surface area contributed by atoms with Crippen molar-refractivity contribution < 1.29 is 13.2 Å². The standard InChI is InChI=1S/C24H34N4O3S/c1-7-28(8-2)32(30,31)18-11-12-22-20(14-18)21(24(29)26-22)15-23-16(3)19(17(4)25-23)10-9-13-27(5)6/h11-12,14-15,25H,7-10,13H2,1-6H3,(H,26,29). The summed E-state index contributed by atoms with van der Waals surface area (Å²) in [5.41, 5.74) is 6.11. The number of anilines is 1. The minimum Gasteiger partial charge on any atom is -0.359 e. The number of nitrogens with one attached hydrogen (secondary N) is 2. The van der Waals surface area contributed by atoms with Crippen molar-refractivity contribution in [3.63, 3.8) is 0 Å². The van der Waals surface area contributed by atoms with Gasteiger partial charge in [-0.3, -0.25) is 4.79 Å². The first-order valence-electron chi connectivity index (χ1n) is 11.1. The average Bonchev–Trinajstić information content (AvgIpc) is 3.18. The maximum atomic E-state index is 13.0. The lowest BCUT2D eigenvalue weighted by Gasteiger charge is -2.18. The van der Waals surface area contributed by atoms with Gasteiger partial charge < -0.3 is 15.2 Å². The van der Waals surface area contributed by atoms with Crippen molar-refractivity contribution in [2.75, 3.05) is 39.0 Å². The Morgan fingerprint density at radius 3 is 2.41 bits per heavy atom. The molecule has 7 nitrogen and oxygen atoms in total. The predicted octanol–water partition coefficient (Wildman–Crippen LogP) is 3.65. The van der Waals surface area contributed by atoms with Crippen LogP contribution in [0.4, 0.5) is 5.69 Å². The van der Waals surface area contributed by atoms with Gasteiger partial charge in [-0.2, -0.15) is 4.31 Å². The summed E-state index contributed by atoms with van der Waals surface area (Å²) >= 11 is 0. The van der Waals surface area contributed by atoms with Gasteiger partial charge in [-0.05, 0) is 82.7 Å². The fourth-order valence-electron chi connectivity index (χ4n) is 4.23. The first-order chi connectivity index (χ1) is 15.1. The SMILES string of the molecule is CCN(CC)S(=O)(=O)c1ccc2c(c1)C(=Cc1[nH]c(C)c(CCCN(C)C)c1C)C(=O)N2. The van der Waals surface area contributed by atoms with E-state index >= 15 is 0 Å². The number of aryl methyl sites for hydroxylation is 1. The normalized spacial score (nSPS) is 15.1. The van der Waals surface area contributed by atoms with Crippen LogP contribution in [-0.4, -0.2) is 62.2 Å². The number of hydrogen-bond donors (Lipinski definition) is 2. The molecule has 0 radical (unpaired) electrons. The number of amides is 1. The van der Waals surface area contributed by atoms with Crippen molar-refractivity contribution >= 4 is 33.3 Å². The number of aromatic nitrogens is 1. The molecule has 2 aromatic rings. The fourth-order valence-corrected chi connectivity index (χ4v) is 5.72. The van der Waals surface area contributed by atoms with Crippen LogP contribution in [0.15, 0.2) is 23.1 Å². The molecule has 8 heteroatoms. The Morgan fingerprint density at radius 1 is 1.09 bits per heavy atom. The van der Waals surface area contributed by atoms with E-state index in [-0.39, 0.29) is 10.8 Å². The van der Waals surface area contributed by atoms with E-state index in [2.05, 4.69) is 43.1 Å². The summed E-state index contributed by atoms with van der Waals surface area (Å²) in [5, 5.41) is 2.86. The number of sulfonamides is 1. The van der Waals surface area contributed by atoms with Gasteiger partial charge in [0.1, 0.15) is 0 Å². The second-order valence-electron chi connectivity index (χ2n) is 8.48. The molecule has 0 saturated carbocycles. The lowest BCUT2D eigenvalue weighted by atomic mass is 10.0. The highest BCUT2D eigenvalue weighted by Gasteiger charge is 2.29. The Bertz CT molecular complexity index is 1140. The minimum absolute atomic E-state index is 0.200. The molecule has 1 aliphatic rings. The molecule has 0 bridgehead atoms. The molecular formula is C24H34N4O3S. The number of fused-ring (bicyclic) bond motifs is 1. The first-order valence-corrected chi connectivity index (χ1v) is 12.5. The van der Waals surface area contributed by atoms with Crippen molar-refractivity contribution in [3.8, 4) is 0 Å². The van der Waals surface area contributed by atoms with Crippen LogP contribution in [0.1, 0.15) is 48.3 Å². The van der Waals surface area contributed by atoms with Gasteiger partial charge in [-0.25, -0.2) is 8.42 Å². The van der Waals surface area contributed by atoms with Gasteiger partial charge in [-0.1, -0.05) is 13.8 Å². The number of carbonyl (C=O) groups is 1. The van der Waals surface area contributed by atoms with Gasteiger partial charge >= 0.3 is 0 Å².